The van der Waals surface area contributed by atoms with Crippen molar-refractivity contribution in [2.45, 2.75) is 26.7 Å². The van der Waals surface area contributed by atoms with Gasteiger partial charge in [-0.2, -0.15) is 10.4 Å². The number of hydrogen-bond donors (Lipinski definition) is 0. The summed E-state index contributed by atoms with van der Waals surface area (Å²) in [6.07, 6.45) is 0. The van der Waals surface area contributed by atoms with Gasteiger partial charge in [0.15, 0.2) is 4.77 Å². The Kier molecular flexibility index (Phi) is 5.61. The Morgan fingerprint density at radius 1 is 1.12 bits per heavy atom. The van der Waals surface area contributed by atoms with Gasteiger partial charge in [-0.3, -0.25) is 9.47 Å². The van der Waals surface area contributed by atoms with E-state index in [2.05, 4.69) is 32.8 Å². The fourth-order valence-electron chi connectivity index (χ4n) is 2.92. The van der Waals surface area contributed by atoms with Crippen LogP contribution in [0.1, 0.15) is 22.5 Å². The molecule has 0 saturated heterocycles. The highest BCUT2D eigenvalue weighted by Gasteiger charge is 2.10. The van der Waals surface area contributed by atoms with Gasteiger partial charge in [-0.25, -0.2) is 4.68 Å². The minimum Gasteiger partial charge on any atom is -0.300 e. The van der Waals surface area contributed by atoms with E-state index in [1.807, 2.05) is 61.1 Å². The van der Waals surface area contributed by atoms with Gasteiger partial charge in [-0.05, 0) is 49.4 Å². The highest BCUT2D eigenvalue weighted by atomic mass is 32.1. The molecule has 0 amide bonds. The standard InChI is InChI=1S/C20H21N5S/c1-16-22-25(20(26)24(16)14-17-7-4-3-5-8-17)15-23(2)13-19-10-6-9-18(11-19)12-21/h3-11H,13-15H2,1-2H3. The lowest BCUT2D eigenvalue weighted by Crippen LogP contribution is -2.22. The molecule has 6 heteroatoms. The largest absolute Gasteiger partial charge is 0.300 e. The van der Waals surface area contributed by atoms with Crippen LogP contribution in [-0.4, -0.2) is 26.3 Å². The number of hydrogen-bond acceptors (Lipinski definition) is 4. The van der Waals surface area contributed by atoms with E-state index < -0.39 is 0 Å². The number of aryl methyl sites for hydroxylation is 1. The Morgan fingerprint density at radius 3 is 2.58 bits per heavy atom. The van der Waals surface area contributed by atoms with Crippen molar-refractivity contribution < 1.29 is 0 Å². The molecule has 26 heavy (non-hydrogen) atoms. The molecule has 0 saturated carbocycles. The molecular weight excluding hydrogens is 342 g/mol. The zero-order chi connectivity index (χ0) is 18.5. The summed E-state index contributed by atoms with van der Waals surface area (Å²) in [5, 5.41) is 13.6. The Morgan fingerprint density at radius 2 is 1.85 bits per heavy atom. The SMILES string of the molecule is Cc1nn(CN(C)Cc2cccc(C#N)c2)c(=S)n1Cc1ccccc1. The van der Waals surface area contributed by atoms with Crippen molar-refractivity contribution in [2.24, 2.45) is 0 Å². The average Bonchev–Trinajstić information content (AvgIpc) is 2.90. The van der Waals surface area contributed by atoms with Gasteiger partial charge in [0.2, 0.25) is 0 Å². The summed E-state index contributed by atoms with van der Waals surface area (Å²) in [5.74, 6) is 0.902. The number of rotatable bonds is 6. The van der Waals surface area contributed by atoms with Crippen molar-refractivity contribution in [2.75, 3.05) is 7.05 Å². The second kappa shape index (κ2) is 8.09. The van der Waals surface area contributed by atoms with E-state index in [0.29, 0.717) is 17.0 Å². The number of nitrogens with zero attached hydrogens (tertiary/aromatic N) is 5. The molecule has 0 N–H and O–H groups in total. The van der Waals surface area contributed by atoms with E-state index in [-0.39, 0.29) is 0 Å². The Bertz CT molecular complexity index is 981. The summed E-state index contributed by atoms with van der Waals surface area (Å²) in [5.41, 5.74) is 2.97. The number of nitriles is 1. The maximum Gasteiger partial charge on any atom is 0.199 e. The third-order valence-electron chi connectivity index (χ3n) is 4.18. The van der Waals surface area contributed by atoms with Crippen LogP contribution in [0.25, 0.3) is 0 Å². The molecule has 1 heterocycles. The summed E-state index contributed by atoms with van der Waals surface area (Å²) in [7, 11) is 2.02. The predicted octanol–water partition coefficient (Wildman–Crippen LogP) is 3.73. The molecule has 5 nitrogen and oxygen atoms in total. The lowest BCUT2D eigenvalue weighted by Gasteiger charge is -2.16. The lowest BCUT2D eigenvalue weighted by atomic mass is 10.1. The van der Waals surface area contributed by atoms with Gasteiger partial charge >= 0.3 is 0 Å². The third kappa shape index (κ3) is 4.26. The molecule has 1 aromatic heterocycles. The van der Waals surface area contributed by atoms with Gasteiger partial charge in [0.1, 0.15) is 5.82 Å². The van der Waals surface area contributed by atoms with Crippen molar-refractivity contribution in [3.63, 3.8) is 0 Å². The quantitative estimate of drug-likeness (QED) is 0.626. The smallest absolute Gasteiger partial charge is 0.199 e. The third-order valence-corrected chi connectivity index (χ3v) is 4.61. The molecule has 0 fully saturated rings. The molecule has 0 aliphatic carbocycles. The lowest BCUT2D eigenvalue weighted by molar-refractivity contribution is 0.243. The first kappa shape index (κ1) is 18.1. The second-order valence-corrected chi connectivity index (χ2v) is 6.73. The van der Waals surface area contributed by atoms with Crippen molar-refractivity contribution >= 4 is 12.2 Å². The molecule has 2 aromatic carbocycles. The Balaban J connectivity index is 1.73. The first-order chi connectivity index (χ1) is 12.6. The van der Waals surface area contributed by atoms with Crippen molar-refractivity contribution in [3.8, 4) is 6.07 Å². The maximum atomic E-state index is 9.03. The molecule has 0 unspecified atom stereocenters. The number of aromatic nitrogens is 3. The van der Waals surface area contributed by atoms with Gasteiger partial charge in [-0.1, -0.05) is 42.5 Å². The zero-order valence-electron chi connectivity index (χ0n) is 15.0. The van der Waals surface area contributed by atoms with Gasteiger partial charge in [-0.15, -0.1) is 0 Å². The van der Waals surface area contributed by atoms with Gasteiger partial charge in [0.25, 0.3) is 0 Å². The summed E-state index contributed by atoms with van der Waals surface area (Å²) in [4.78, 5) is 2.13. The van der Waals surface area contributed by atoms with Crippen LogP contribution in [-0.2, 0) is 19.8 Å². The summed E-state index contributed by atoms with van der Waals surface area (Å²) >= 11 is 5.63. The number of benzene rings is 2. The topological polar surface area (TPSA) is 49.8 Å². The van der Waals surface area contributed by atoms with Crippen LogP contribution in [0.4, 0.5) is 0 Å². The van der Waals surface area contributed by atoms with Crippen LogP contribution in [0.5, 0.6) is 0 Å². The van der Waals surface area contributed by atoms with Crippen LogP contribution in [0.15, 0.2) is 54.6 Å². The average molecular weight is 363 g/mol. The molecular formula is C20H21N5S. The van der Waals surface area contributed by atoms with Crippen LogP contribution in [0.2, 0.25) is 0 Å². The van der Waals surface area contributed by atoms with E-state index >= 15 is 0 Å². The van der Waals surface area contributed by atoms with Gasteiger partial charge in [0, 0.05) is 6.54 Å². The first-order valence-corrected chi connectivity index (χ1v) is 8.83. The molecule has 3 rings (SSSR count). The molecule has 0 atom stereocenters. The minimum atomic E-state index is 0.595. The summed E-state index contributed by atoms with van der Waals surface area (Å²) < 4.78 is 4.61. The van der Waals surface area contributed by atoms with Crippen LogP contribution >= 0.6 is 12.2 Å². The molecule has 0 radical (unpaired) electrons. The molecule has 0 spiro atoms. The summed E-state index contributed by atoms with van der Waals surface area (Å²) in [6, 6.07) is 20.1. The second-order valence-electron chi connectivity index (χ2n) is 6.37. The Hall–Kier alpha value is -2.75. The van der Waals surface area contributed by atoms with E-state index in [1.165, 1.54) is 5.56 Å². The molecule has 0 aliphatic rings. The first-order valence-electron chi connectivity index (χ1n) is 8.42. The monoisotopic (exact) mass is 363 g/mol. The van der Waals surface area contributed by atoms with Crippen LogP contribution in [0.3, 0.4) is 0 Å². The minimum absolute atomic E-state index is 0.595. The van der Waals surface area contributed by atoms with Gasteiger partial charge in [0.05, 0.1) is 24.8 Å². The fraction of sp³-hybridized carbons (Fsp3) is 0.250. The van der Waals surface area contributed by atoms with Crippen molar-refractivity contribution in [1.82, 2.24) is 19.2 Å². The van der Waals surface area contributed by atoms with E-state index in [9.17, 15) is 0 Å². The van der Waals surface area contributed by atoms with E-state index in [1.54, 1.807) is 0 Å². The van der Waals surface area contributed by atoms with Crippen LogP contribution < -0.4 is 0 Å². The van der Waals surface area contributed by atoms with Gasteiger partial charge < -0.3 is 0 Å². The summed E-state index contributed by atoms with van der Waals surface area (Å²) in [6.45, 7) is 4.02. The molecule has 132 valence electrons. The molecule has 0 bridgehead atoms. The highest BCUT2D eigenvalue weighted by Crippen LogP contribution is 2.10. The van der Waals surface area contributed by atoms with Crippen molar-refractivity contribution in [1.29, 1.82) is 5.26 Å². The molecule has 3 aromatic rings. The normalized spacial score (nSPS) is 10.8. The van der Waals surface area contributed by atoms with E-state index in [4.69, 9.17) is 17.5 Å². The zero-order valence-corrected chi connectivity index (χ0v) is 15.8. The predicted molar refractivity (Wildman–Crippen MR) is 104 cm³/mol. The van der Waals surface area contributed by atoms with E-state index in [0.717, 1.165) is 24.5 Å². The van der Waals surface area contributed by atoms with Crippen molar-refractivity contribution in [3.05, 3.63) is 81.9 Å². The molecule has 0 aliphatic heterocycles. The Labute approximate surface area is 158 Å². The highest BCUT2D eigenvalue weighted by molar-refractivity contribution is 7.71. The maximum absolute atomic E-state index is 9.03. The fourth-order valence-corrected chi connectivity index (χ4v) is 3.21. The van der Waals surface area contributed by atoms with Crippen LogP contribution in [0, 0.1) is 23.0 Å².